The Balaban J connectivity index is 1.56. The number of fused-ring (bicyclic) bond motifs is 4. The van der Waals surface area contributed by atoms with Crippen LogP contribution in [0.5, 0.6) is 0 Å². The van der Waals surface area contributed by atoms with Crippen LogP contribution in [0, 0.1) is 5.92 Å². The Hall–Kier alpha value is -4.90. The van der Waals surface area contributed by atoms with Crippen molar-refractivity contribution in [2.45, 2.75) is 108 Å². The van der Waals surface area contributed by atoms with E-state index in [9.17, 15) is 39.0 Å². The number of aryl methyl sites for hydroxylation is 1. The topological polar surface area (TPSA) is 245 Å². The standard InChI is InChI=1S/C35H45N7O9S/c1-16(2)13-23-30(45)36-17(3)29(44)41-27(18(4)43)32(47)39-25(35(49)50)15-52-34-21(19-9-5-7-11-22(19)40-34)14-24(31(46)37-23)38-33(48)28-20-10-6-8-12-26(20)51-42-28/h5,7,9,11,16-18,23-25,27,40,43H,6,8,10,12-15H2,1-4H3,(H,36,45)(H,37,46)(H,38,48)(H,39,47)(H,41,44)(H,49,50)/t17-,18-,23+,24+,25+,27+/m1/s1. The van der Waals surface area contributed by atoms with Gasteiger partial charge >= 0.3 is 5.97 Å². The van der Waals surface area contributed by atoms with Crippen LogP contribution in [0.25, 0.3) is 10.9 Å². The van der Waals surface area contributed by atoms with Crippen molar-refractivity contribution in [2.75, 3.05) is 5.75 Å². The van der Waals surface area contributed by atoms with E-state index in [2.05, 4.69) is 36.7 Å². The van der Waals surface area contributed by atoms with E-state index in [0.717, 1.165) is 24.6 Å². The molecule has 0 spiro atoms. The molecule has 52 heavy (non-hydrogen) atoms. The molecule has 6 atom stereocenters. The molecule has 3 heterocycles. The van der Waals surface area contributed by atoms with Gasteiger partial charge in [-0.15, -0.1) is 11.8 Å². The number of carbonyl (C=O) groups excluding carboxylic acids is 5. The molecule has 0 bridgehead atoms. The third-order valence-electron chi connectivity index (χ3n) is 9.13. The molecule has 3 aromatic rings. The summed E-state index contributed by atoms with van der Waals surface area (Å²) in [7, 11) is 0. The number of nitrogens with zero attached hydrogens (tertiary/aromatic N) is 1. The fourth-order valence-electron chi connectivity index (χ4n) is 6.35. The minimum atomic E-state index is -1.54. The first kappa shape index (κ1) is 38.3. The van der Waals surface area contributed by atoms with Crippen molar-refractivity contribution in [3.05, 3.63) is 46.8 Å². The van der Waals surface area contributed by atoms with Gasteiger partial charge in [0.2, 0.25) is 23.6 Å². The van der Waals surface area contributed by atoms with Crippen molar-refractivity contribution in [3.8, 4) is 0 Å². The van der Waals surface area contributed by atoms with Gasteiger partial charge < -0.3 is 46.3 Å². The largest absolute Gasteiger partial charge is 0.480 e. The van der Waals surface area contributed by atoms with Gasteiger partial charge in [0.05, 0.1) is 11.1 Å². The van der Waals surface area contributed by atoms with Crippen molar-refractivity contribution >= 4 is 58.2 Å². The number of carboxylic acid groups (broad SMARTS) is 1. The molecule has 17 heteroatoms. The molecule has 0 saturated carbocycles. The van der Waals surface area contributed by atoms with Gasteiger partial charge in [-0.1, -0.05) is 37.2 Å². The summed E-state index contributed by atoms with van der Waals surface area (Å²) in [5.74, 6) is -4.73. The van der Waals surface area contributed by atoms with Gasteiger partial charge in [-0.2, -0.15) is 0 Å². The summed E-state index contributed by atoms with van der Waals surface area (Å²) in [5, 5.41) is 38.6. The molecule has 2 aromatic heterocycles. The molecule has 5 rings (SSSR count). The van der Waals surface area contributed by atoms with Crippen LogP contribution in [0.15, 0.2) is 33.8 Å². The SMILES string of the molecule is CC(C)C[C@@H]1NC(=O)[C@@H](NC(=O)c2noc3c2CCCC3)Cc2c([nH]c3ccccc23)SC[C@@H](C(=O)O)NC(=O)[C@H]([C@@H](C)O)NC(=O)[C@@H](C)NC1=O. The third kappa shape index (κ3) is 8.93. The smallest absolute Gasteiger partial charge is 0.327 e. The summed E-state index contributed by atoms with van der Waals surface area (Å²) < 4.78 is 5.46. The molecule has 280 valence electrons. The quantitative estimate of drug-likeness (QED) is 0.177. The number of carboxylic acids is 1. The highest BCUT2D eigenvalue weighted by atomic mass is 32.2. The zero-order valence-electron chi connectivity index (χ0n) is 29.4. The molecule has 0 radical (unpaired) electrons. The summed E-state index contributed by atoms with van der Waals surface area (Å²) in [6, 6.07) is 0.661. The van der Waals surface area contributed by atoms with Crippen LogP contribution in [0.1, 0.15) is 74.3 Å². The lowest BCUT2D eigenvalue weighted by Gasteiger charge is -2.27. The van der Waals surface area contributed by atoms with E-state index in [1.807, 2.05) is 26.0 Å². The summed E-state index contributed by atoms with van der Waals surface area (Å²) in [4.78, 5) is 83.7. The Morgan fingerprint density at radius 1 is 0.962 bits per heavy atom. The highest BCUT2D eigenvalue weighted by Gasteiger charge is 2.35. The van der Waals surface area contributed by atoms with E-state index < -0.39 is 71.8 Å². The van der Waals surface area contributed by atoms with E-state index in [0.29, 0.717) is 45.7 Å². The molecular formula is C35H45N7O9S. The van der Waals surface area contributed by atoms with Gasteiger partial charge in [0.1, 0.15) is 36.0 Å². The van der Waals surface area contributed by atoms with Gasteiger partial charge in [0, 0.05) is 35.1 Å². The lowest BCUT2D eigenvalue weighted by atomic mass is 9.96. The predicted molar refractivity (Wildman–Crippen MR) is 189 cm³/mol. The fourth-order valence-corrected chi connectivity index (χ4v) is 7.45. The number of aliphatic hydroxyl groups is 1. The lowest BCUT2D eigenvalue weighted by molar-refractivity contribution is -0.142. The molecule has 16 nitrogen and oxygen atoms in total. The number of aromatic amines is 1. The number of amides is 5. The Kier molecular flexibility index (Phi) is 12.3. The normalized spacial score (nSPS) is 24.3. The minimum Gasteiger partial charge on any atom is -0.480 e. The molecule has 8 N–H and O–H groups in total. The van der Waals surface area contributed by atoms with Gasteiger partial charge in [-0.3, -0.25) is 24.0 Å². The first-order valence-electron chi connectivity index (χ1n) is 17.4. The number of benzene rings is 1. The number of rotatable bonds is 6. The van der Waals surface area contributed by atoms with E-state index in [1.54, 1.807) is 12.1 Å². The molecule has 0 unspecified atom stereocenters. The highest BCUT2D eigenvalue weighted by Crippen LogP contribution is 2.32. The van der Waals surface area contributed by atoms with Gasteiger partial charge in [-0.05, 0) is 57.1 Å². The van der Waals surface area contributed by atoms with E-state index in [1.165, 1.54) is 13.8 Å². The molecular weight excluding hydrogens is 694 g/mol. The van der Waals surface area contributed by atoms with Crippen LogP contribution in [0.2, 0.25) is 0 Å². The minimum absolute atomic E-state index is 0.0742. The average Bonchev–Trinajstić information content (AvgIpc) is 3.68. The summed E-state index contributed by atoms with van der Waals surface area (Å²) >= 11 is 1.08. The Morgan fingerprint density at radius 2 is 1.69 bits per heavy atom. The highest BCUT2D eigenvalue weighted by molar-refractivity contribution is 7.99. The Labute approximate surface area is 304 Å². The van der Waals surface area contributed by atoms with Gasteiger partial charge in [-0.25, -0.2) is 4.79 Å². The number of H-pyrrole nitrogens is 1. The van der Waals surface area contributed by atoms with Crippen LogP contribution in [0.4, 0.5) is 0 Å². The van der Waals surface area contributed by atoms with Crippen molar-refractivity contribution in [1.29, 1.82) is 0 Å². The van der Waals surface area contributed by atoms with Crippen molar-refractivity contribution in [1.82, 2.24) is 36.7 Å². The number of para-hydroxylation sites is 1. The molecule has 1 aliphatic carbocycles. The maximum atomic E-state index is 14.2. The molecule has 1 aliphatic heterocycles. The Morgan fingerprint density at radius 3 is 2.40 bits per heavy atom. The average molecular weight is 740 g/mol. The lowest BCUT2D eigenvalue weighted by Crippen LogP contribution is -2.60. The zero-order chi connectivity index (χ0) is 37.7. The second-order valence-electron chi connectivity index (χ2n) is 13.7. The maximum Gasteiger partial charge on any atom is 0.327 e. The fraction of sp³-hybridized carbons (Fsp3) is 0.514. The number of hydrogen-bond donors (Lipinski definition) is 8. The Bertz CT molecular complexity index is 1840. The number of thioether (sulfide) groups is 1. The van der Waals surface area contributed by atoms with Crippen molar-refractivity contribution < 1.29 is 43.5 Å². The zero-order valence-corrected chi connectivity index (χ0v) is 30.2. The van der Waals surface area contributed by atoms with E-state index in [-0.39, 0.29) is 30.2 Å². The maximum absolute atomic E-state index is 14.2. The van der Waals surface area contributed by atoms with E-state index >= 15 is 0 Å². The number of aliphatic hydroxyl groups excluding tert-OH is 1. The van der Waals surface area contributed by atoms with Gasteiger partial charge in [0.15, 0.2) is 5.69 Å². The van der Waals surface area contributed by atoms with Crippen LogP contribution in [-0.2, 0) is 43.2 Å². The predicted octanol–water partition coefficient (Wildman–Crippen LogP) is 0.952. The molecule has 1 aromatic carbocycles. The van der Waals surface area contributed by atoms with Gasteiger partial charge in [0.25, 0.3) is 5.91 Å². The number of nitrogens with one attached hydrogen (secondary N) is 6. The van der Waals surface area contributed by atoms with Crippen LogP contribution < -0.4 is 26.6 Å². The van der Waals surface area contributed by atoms with Crippen LogP contribution in [0.3, 0.4) is 0 Å². The molecule has 2 aliphatic rings. The molecule has 0 fully saturated rings. The number of carbonyl (C=O) groups is 6. The van der Waals surface area contributed by atoms with E-state index in [4.69, 9.17) is 4.52 Å². The third-order valence-corrected chi connectivity index (χ3v) is 10.3. The summed E-state index contributed by atoms with van der Waals surface area (Å²) in [5.41, 5.74) is 2.05. The first-order chi connectivity index (χ1) is 24.7. The second kappa shape index (κ2) is 16.6. The molecule has 0 saturated heterocycles. The summed E-state index contributed by atoms with van der Waals surface area (Å²) in [6.07, 6.45) is 1.71. The number of aromatic nitrogens is 2. The number of aliphatic carboxylic acids is 1. The second-order valence-corrected chi connectivity index (χ2v) is 14.7. The van der Waals surface area contributed by atoms with Crippen molar-refractivity contribution in [2.24, 2.45) is 5.92 Å². The number of hydrogen-bond acceptors (Lipinski definition) is 10. The van der Waals surface area contributed by atoms with Crippen LogP contribution in [-0.4, -0.2) is 97.9 Å². The van der Waals surface area contributed by atoms with Crippen LogP contribution >= 0.6 is 11.8 Å². The van der Waals surface area contributed by atoms with Crippen molar-refractivity contribution in [3.63, 3.8) is 0 Å². The monoisotopic (exact) mass is 739 g/mol. The molecule has 5 amide bonds. The summed E-state index contributed by atoms with van der Waals surface area (Å²) in [6.45, 7) is 6.36. The first-order valence-corrected chi connectivity index (χ1v) is 18.3.